The molecule has 0 aromatic carbocycles. The van der Waals surface area contributed by atoms with E-state index in [-0.39, 0.29) is 0 Å². The standard InChI is InChI=1S/C6H4N5/c1-2-4-7-6(3-1)11-5-8-9-10-11/h1-2,4-5H. The lowest BCUT2D eigenvalue weighted by Crippen LogP contribution is -1.97. The van der Waals surface area contributed by atoms with Crippen LogP contribution in [0.2, 0.25) is 0 Å². The molecule has 0 aliphatic carbocycles. The van der Waals surface area contributed by atoms with E-state index in [9.17, 15) is 0 Å². The SMILES string of the molecule is [c]1cccnc1-n1cnnn1. The Labute approximate surface area is 62.7 Å². The quantitative estimate of drug-likeness (QED) is 0.561. The van der Waals surface area contributed by atoms with E-state index in [1.807, 2.05) is 0 Å². The normalized spacial score (nSPS) is 9.82. The molecule has 0 spiro atoms. The lowest BCUT2D eigenvalue weighted by molar-refractivity contribution is 0.770. The van der Waals surface area contributed by atoms with Crippen molar-refractivity contribution < 1.29 is 0 Å². The molecule has 0 unspecified atom stereocenters. The highest BCUT2D eigenvalue weighted by molar-refractivity contribution is 5.15. The Morgan fingerprint density at radius 1 is 1.45 bits per heavy atom. The highest BCUT2D eigenvalue weighted by atomic mass is 15.5. The van der Waals surface area contributed by atoms with Crippen LogP contribution in [-0.4, -0.2) is 25.2 Å². The highest BCUT2D eigenvalue weighted by Gasteiger charge is 1.95. The van der Waals surface area contributed by atoms with Crippen LogP contribution in [0.3, 0.4) is 0 Å². The van der Waals surface area contributed by atoms with Crippen LogP contribution in [0, 0.1) is 6.07 Å². The molecular weight excluding hydrogens is 142 g/mol. The van der Waals surface area contributed by atoms with Gasteiger partial charge < -0.3 is 0 Å². The Morgan fingerprint density at radius 3 is 3.09 bits per heavy atom. The second kappa shape index (κ2) is 2.45. The van der Waals surface area contributed by atoms with E-state index in [4.69, 9.17) is 0 Å². The van der Waals surface area contributed by atoms with Crippen LogP contribution < -0.4 is 0 Å². The Kier molecular flexibility index (Phi) is 1.33. The molecular formula is C6H4N5. The molecule has 53 valence electrons. The van der Waals surface area contributed by atoms with Gasteiger partial charge in [-0.25, -0.2) is 4.98 Å². The van der Waals surface area contributed by atoms with E-state index >= 15 is 0 Å². The summed E-state index contributed by atoms with van der Waals surface area (Å²) in [6.07, 6.45) is 3.13. The molecule has 1 radical (unpaired) electrons. The van der Waals surface area contributed by atoms with Gasteiger partial charge in [0.25, 0.3) is 0 Å². The second-order valence-corrected chi connectivity index (χ2v) is 1.86. The first kappa shape index (κ1) is 5.96. The Balaban J connectivity index is 2.46. The third kappa shape index (κ3) is 1.07. The van der Waals surface area contributed by atoms with Crippen LogP contribution in [0.15, 0.2) is 24.7 Å². The zero-order chi connectivity index (χ0) is 7.52. The highest BCUT2D eigenvalue weighted by Crippen LogP contribution is 1.95. The summed E-state index contributed by atoms with van der Waals surface area (Å²) in [5.74, 6) is 0.595. The maximum atomic E-state index is 3.99. The van der Waals surface area contributed by atoms with Gasteiger partial charge in [-0.3, -0.25) is 0 Å². The van der Waals surface area contributed by atoms with Gasteiger partial charge in [-0.1, -0.05) is 0 Å². The molecule has 2 heterocycles. The molecule has 11 heavy (non-hydrogen) atoms. The topological polar surface area (TPSA) is 56.5 Å². The fourth-order valence-corrected chi connectivity index (χ4v) is 0.700. The smallest absolute Gasteiger partial charge is 0.164 e. The number of aromatic nitrogens is 5. The summed E-state index contributed by atoms with van der Waals surface area (Å²) in [5, 5.41) is 10.6. The fourth-order valence-electron chi connectivity index (χ4n) is 0.700. The molecule has 0 aliphatic rings. The minimum absolute atomic E-state index is 0.595. The van der Waals surface area contributed by atoms with Gasteiger partial charge in [0, 0.05) is 12.3 Å². The molecule has 0 atom stereocenters. The maximum Gasteiger partial charge on any atom is 0.164 e. The van der Waals surface area contributed by atoms with Crippen molar-refractivity contribution in [1.82, 2.24) is 25.2 Å². The van der Waals surface area contributed by atoms with Crippen LogP contribution >= 0.6 is 0 Å². The maximum absolute atomic E-state index is 3.99. The average Bonchev–Trinajstić information content (AvgIpc) is 2.58. The molecule has 2 aromatic rings. The number of hydrogen-bond donors (Lipinski definition) is 0. The lowest BCUT2D eigenvalue weighted by atomic mass is 10.5. The van der Waals surface area contributed by atoms with Crippen molar-refractivity contribution in [2.75, 3.05) is 0 Å². The van der Waals surface area contributed by atoms with Gasteiger partial charge in [-0.2, -0.15) is 4.68 Å². The van der Waals surface area contributed by atoms with Crippen molar-refractivity contribution in [2.45, 2.75) is 0 Å². The van der Waals surface area contributed by atoms with Crippen molar-refractivity contribution in [2.24, 2.45) is 0 Å². The molecule has 0 N–H and O–H groups in total. The van der Waals surface area contributed by atoms with E-state index in [1.165, 1.54) is 11.0 Å². The van der Waals surface area contributed by atoms with Gasteiger partial charge in [0.15, 0.2) is 5.82 Å². The Morgan fingerprint density at radius 2 is 2.45 bits per heavy atom. The van der Waals surface area contributed by atoms with Crippen LogP contribution in [0.4, 0.5) is 0 Å². The zero-order valence-corrected chi connectivity index (χ0v) is 5.55. The fraction of sp³-hybridized carbons (Fsp3) is 0. The van der Waals surface area contributed by atoms with Gasteiger partial charge in [-0.15, -0.1) is 5.10 Å². The predicted octanol–water partition coefficient (Wildman–Crippen LogP) is -0.143. The first-order valence-electron chi connectivity index (χ1n) is 3.03. The molecule has 5 heteroatoms. The summed E-state index contributed by atoms with van der Waals surface area (Å²) in [5.41, 5.74) is 0. The first-order chi connectivity index (χ1) is 5.47. The van der Waals surface area contributed by atoms with E-state index in [2.05, 4.69) is 26.6 Å². The number of tetrazole rings is 1. The molecule has 0 bridgehead atoms. The predicted molar refractivity (Wildman–Crippen MR) is 35.8 cm³/mol. The summed E-state index contributed by atoms with van der Waals surface area (Å²) in [6.45, 7) is 0. The van der Waals surface area contributed by atoms with Crippen LogP contribution in [0.5, 0.6) is 0 Å². The van der Waals surface area contributed by atoms with Crippen molar-refractivity contribution in [3.63, 3.8) is 0 Å². The minimum atomic E-state index is 0.595. The van der Waals surface area contributed by atoms with Crippen molar-refractivity contribution in [1.29, 1.82) is 0 Å². The molecule has 0 saturated heterocycles. The number of rotatable bonds is 1. The summed E-state index contributed by atoms with van der Waals surface area (Å²) >= 11 is 0. The third-order valence-corrected chi connectivity index (χ3v) is 1.16. The Bertz CT molecular complexity index is 314. The second-order valence-electron chi connectivity index (χ2n) is 1.86. The molecule has 2 rings (SSSR count). The minimum Gasteiger partial charge on any atom is -0.236 e. The van der Waals surface area contributed by atoms with Gasteiger partial charge in [-0.05, 0) is 22.6 Å². The van der Waals surface area contributed by atoms with Gasteiger partial charge in [0.05, 0.1) is 0 Å². The zero-order valence-electron chi connectivity index (χ0n) is 5.55. The van der Waals surface area contributed by atoms with Crippen LogP contribution in [0.25, 0.3) is 5.82 Å². The summed E-state index contributed by atoms with van der Waals surface area (Å²) in [7, 11) is 0. The molecule has 5 nitrogen and oxygen atoms in total. The molecule has 2 aromatic heterocycles. The largest absolute Gasteiger partial charge is 0.236 e. The van der Waals surface area contributed by atoms with Gasteiger partial charge in [0.1, 0.15) is 6.33 Å². The summed E-state index contributed by atoms with van der Waals surface area (Å²) in [4.78, 5) is 3.99. The van der Waals surface area contributed by atoms with Crippen molar-refractivity contribution >= 4 is 0 Å². The van der Waals surface area contributed by atoms with Crippen molar-refractivity contribution in [3.05, 3.63) is 30.7 Å². The molecule has 0 saturated carbocycles. The summed E-state index contributed by atoms with van der Waals surface area (Å²) < 4.78 is 1.44. The van der Waals surface area contributed by atoms with E-state index < -0.39 is 0 Å². The molecule has 0 fully saturated rings. The average molecular weight is 146 g/mol. The number of pyridine rings is 1. The van der Waals surface area contributed by atoms with Crippen LogP contribution in [0.1, 0.15) is 0 Å². The lowest BCUT2D eigenvalue weighted by Gasteiger charge is -1.92. The Hall–Kier alpha value is -1.78. The van der Waals surface area contributed by atoms with E-state index in [1.54, 1.807) is 18.3 Å². The van der Waals surface area contributed by atoms with Gasteiger partial charge >= 0.3 is 0 Å². The van der Waals surface area contributed by atoms with E-state index in [0.29, 0.717) is 5.82 Å². The van der Waals surface area contributed by atoms with Gasteiger partial charge in [0.2, 0.25) is 0 Å². The number of hydrogen-bond acceptors (Lipinski definition) is 4. The third-order valence-electron chi connectivity index (χ3n) is 1.16. The van der Waals surface area contributed by atoms with E-state index in [0.717, 1.165) is 0 Å². The molecule has 0 aliphatic heterocycles. The van der Waals surface area contributed by atoms with Crippen LogP contribution in [-0.2, 0) is 0 Å². The first-order valence-corrected chi connectivity index (χ1v) is 3.03. The monoisotopic (exact) mass is 146 g/mol. The molecule has 0 amide bonds. The summed E-state index contributed by atoms with van der Waals surface area (Å²) in [6, 6.07) is 6.42. The number of nitrogens with zero attached hydrogens (tertiary/aromatic N) is 5. The van der Waals surface area contributed by atoms with Crippen molar-refractivity contribution in [3.8, 4) is 5.82 Å².